The number of pyridine rings is 1. The summed E-state index contributed by atoms with van der Waals surface area (Å²) >= 11 is 6.83. The van der Waals surface area contributed by atoms with Gasteiger partial charge in [0.2, 0.25) is 0 Å². The highest BCUT2D eigenvalue weighted by atomic mass is 35.5. The van der Waals surface area contributed by atoms with E-state index in [1.807, 2.05) is 37.3 Å². The lowest BCUT2D eigenvalue weighted by molar-refractivity contribution is 0.173. The molecule has 3 heterocycles. The Hall–Kier alpha value is -5.06. The van der Waals surface area contributed by atoms with E-state index in [9.17, 15) is 10.4 Å². The first kappa shape index (κ1) is 37.7. The van der Waals surface area contributed by atoms with E-state index < -0.39 is 0 Å². The maximum atomic E-state index is 9.80. The molecule has 2 aromatic heterocycles. The Morgan fingerprint density at radius 1 is 1.00 bits per heavy atom. The first-order valence-corrected chi connectivity index (χ1v) is 18.2. The summed E-state index contributed by atoms with van der Waals surface area (Å²) in [5.74, 6) is 2.73. The second-order valence-corrected chi connectivity index (χ2v) is 13.9. The van der Waals surface area contributed by atoms with E-state index >= 15 is 0 Å². The van der Waals surface area contributed by atoms with Crippen molar-refractivity contribution in [3.8, 4) is 34.4 Å². The van der Waals surface area contributed by atoms with E-state index in [2.05, 4.69) is 73.9 Å². The van der Waals surface area contributed by atoms with E-state index in [1.54, 1.807) is 12.3 Å². The monoisotopic (exact) mass is 736 g/mol. The zero-order chi connectivity index (χ0) is 37.2. The zero-order valence-electron chi connectivity index (χ0n) is 30.3. The Kier molecular flexibility index (Phi) is 12.9. The SMILES string of the molecule is Cc1c(COc2cc(OCc3cncc(C#N)c3)c(CNCC(C)c3nnn[nH]3)cc2Cl)cccc1-c1cccc(OCCCN2CC[C@@H](O)C2)c1C. The van der Waals surface area contributed by atoms with Crippen molar-refractivity contribution >= 4 is 11.6 Å². The number of aliphatic hydroxyl groups excluding tert-OH is 1. The number of rotatable bonds is 17. The molecule has 53 heavy (non-hydrogen) atoms. The molecule has 0 amide bonds. The second-order valence-electron chi connectivity index (χ2n) is 13.4. The molecule has 0 aliphatic carbocycles. The lowest BCUT2D eigenvalue weighted by Gasteiger charge is -2.19. The number of benzene rings is 3. The van der Waals surface area contributed by atoms with Gasteiger partial charge in [-0.05, 0) is 83.1 Å². The first-order chi connectivity index (χ1) is 25.8. The molecule has 12 nitrogen and oxygen atoms in total. The maximum Gasteiger partial charge on any atom is 0.152 e. The third-order valence-corrected chi connectivity index (χ3v) is 9.85. The predicted molar refractivity (Wildman–Crippen MR) is 202 cm³/mol. The van der Waals surface area contributed by atoms with Gasteiger partial charge in [-0.25, -0.2) is 5.10 Å². The minimum absolute atomic E-state index is 0.0613. The van der Waals surface area contributed by atoms with Gasteiger partial charge in [-0.15, -0.1) is 5.10 Å². The lowest BCUT2D eigenvalue weighted by atomic mass is 9.93. The molecule has 3 aromatic carbocycles. The number of halogens is 1. The molecule has 2 atom stereocenters. The molecule has 1 aliphatic rings. The molecule has 5 aromatic rings. The average molecular weight is 737 g/mol. The lowest BCUT2D eigenvalue weighted by Crippen LogP contribution is -2.24. The van der Waals surface area contributed by atoms with Gasteiger partial charge in [-0.3, -0.25) is 4.98 Å². The molecule has 0 radical (unpaired) electrons. The molecule has 0 spiro atoms. The van der Waals surface area contributed by atoms with Crippen molar-refractivity contribution in [1.82, 2.24) is 35.8 Å². The number of aromatic nitrogens is 5. The fourth-order valence-electron chi connectivity index (χ4n) is 6.48. The highest BCUT2D eigenvalue weighted by Crippen LogP contribution is 2.36. The molecule has 0 saturated carbocycles. The van der Waals surface area contributed by atoms with Crippen molar-refractivity contribution in [3.63, 3.8) is 0 Å². The molecule has 276 valence electrons. The van der Waals surface area contributed by atoms with Crippen LogP contribution in [0, 0.1) is 25.2 Å². The standard InChI is InChI=1S/C40H45ClN8O4/c1-26(40-45-47-48-46-40)19-43-22-32-16-36(41)39(17-38(32)52-24-30-15-29(18-42)20-44-21-30)53-25-31-7-4-8-34(27(31)2)35-9-5-10-37(28(35)3)51-14-6-12-49-13-11-33(50)23-49/h4-5,7-10,15-17,20-21,26,33,43,50H,6,11-14,19,22-25H2,1-3H3,(H,45,46,47,48)/t26?,33-/m1/s1. The molecule has 6 rings (SSSR count). The quantitative estimate of drug-likeness (QED) is 0.0923. The number of β-amino-alcohol motifs (C(OH)–C–C–N with tert-alkyl or cyclic N) is 1. The smallest absolute Gasteiger partial charge is 0.152 e. The summed E-state index contributed by atoms with van der Waals surface area (Å²) < 4.78 is 18.9. The number of H-pyrrole nitrogens is 1. The minimum atomic E-state index is -0.205. The topological polar surface area (TPSA) is 154 Å². The molecule has 1 fully saturated rings. The van der Waals surface area contributed by atoms with Crippen molar-refractivity contribution in [3.05, 3.63) is 111 Å². The van der Waals surface area contributed by atoms with E-state index in [0.717, 1.165) is 77.2 Å². The molecule has 1 unspecified atom stereocenters. The van der Waals surface area contributed by atoms with E-state index in [-0.39, 0.29) is 18.6 Å². The van der Waals surface area contributed by atoms with Crippen LogP contribution in [0.3, 0.4) is 0 Å². The number of aliphatic hydroxyl groups is 1. The van der Waals surface area contributed by atoms with Crippen LogP contribution in [-0.2, 0) is 19.8 Å². The van der Waals surface area contributed by atoms with Crippen LogP contribution in [0.5, 0.6) is 17.2 Å². The summed E-state index contributed by atoms with van der Waals surface area (Å²) in [4.78, 5) is 6.45. The normalized spacial score (nSPS) is 14.9. The van der Waals surface area contributed by atoms with E-state index in [1.165, 1.54) is 6.20 Å². The average Bonchev–Trinajstić information content (AvgIpc) is 3.86. The Bertz CT molecular complexity index is 2020. The highest BCUT2D eigenvalue weighted by molar-refractivity contribution is 6.32. The van der Waals surface area contributed by atoms with Crippen molar-refractivity contribution in [2.45, 2.75) is 65.4 Å². The van der Waals surface area contributed by atoms with Crippen molar-refractivity contribution in [2.24, 2.45) is 0 Å². The van der Waals surface area contributed by atoms with Gasteiger partial charge in [0, 0.05) is 68.2 Å². The Labute approximate surface area is 315 Å². The number of hydrogen-bond donors (Lipinski definition) is 3. The number of nitrogens with zero attached hydrogens (tertiary/aromatic N) is 6. The van der Waals surface area contributed by atoms with E-state index in [4.69, 9.17) is 25.8 Å². The number of nitrogens with one attached hydrogen (secondary N) is 2. The first-order valence-electron chi connectivity index (χ1n) is 17.9. The summed E-state index contributed by atoms with van der Waals surface area (Å²) in [5, 5.41) is 37.2. The molecule has 3 N–H and O–H groups in total. The summed E-state index contributed by atoms with van der Waals surface area (Å²) in [7, 11) is 0. The number of aromatic amines is 1. The number of ether oxygens (including phenoxy) is 3. The highest BCUT2D eigenvalue weighted by Gasteiger charge is 2.20. The van der Waals surface area contributed by atoms with Gasteiger partial charge in [0.15, 0.2) is 5.82 Å². The van der Waals surface area contributed by atoms with Gasteiger partial charge in [-0.2, -0.15) is 5.26 Å². The zero-order valence-corrected chi connectivity index (χ0v) is 31.1. The number of tetrazole rings is 1. The van der Waals surface area contributed by atoms with Gasteiger partial charge in [0.25, 0.3) is 0 Å². The van der Waals surface area contributed by atoms with Gasteiger partial charge < -0.3 is 29.5 Å². The van der Waals surface area contributed by atoms with Crippen molar-refractivity contribution in [2.75, 3.05) is 32.8 Å². The van der Waals surface area contributed by atoms with Crippen molar-refractivity contribution in [1.29, 1.82) is 5.26 Å². The summed E-state index contributed by atoms with van der Waals surface area (Å²) in [6.07, 6.45) is 4.75. The Morgan fingerprint density at radius 2 is 1.81 bits per heavy atom. The third-order valence-electron chi connectivity index (χ3n) is 9.55. The van der Waals surface area contributed by atoms with Gasteiger partial charge in [0.1, 0.15) is 36.5 Å². The number of nitriles is 1. The fraction of sp³-hybridized carbons (Fsp3) is 0.375. The third kappa shape index (κ3) is 9.88. The summed E-state index contributed by atoms with van der Waals surface area (Å²) in [6.45, 7) is 11.1. The van der Waals surface area contributed by atoms with E-state index in [0.29, 0.717) is 54.2 Å². The Morgan fingerprint density at radius 3 is 2.58 bits per heavy atom. The van der Waals surface area contributed by atoms with Crippen LogP contribution >= 0.6 is 11.6 Å². The predicted octanol–water partition coefficient (Wildman–Crippen LogP) is 6.29. The largest absolute Gasteiger partial charge is 0.493 e. The number of hydrogen-bond acceptors (Lipinski definition) is 11. The molecule has 0 bridgehead atoms. The van der Waals surface area contributed by atoms with Crippen LogP contribution in [0.2, 0.25) is 5.02 Å². The van der Waals surface area contributed by atoms with Crippen LogP contribution in [0.25, 0.3) is 11.1 Å². The van der Waals surface area contributed by atoms with Gasteiger partial charge in [-0.1, -0.05) is 48.9 Å². The summed E-state index contributed by atoms with van der Waals surface area (Å²) in [5.41, 5.74) is 7.52. The fourth-order valence-corrected chi connectivity index (χ4v) is 6.72. The van der Waals surface area contributed by atoms with Gasteiger partial charge >= 0.3 is 0 Å². The summed E-state index contributed by atoms with van der Waals surface area (Å²) in [6, 6.07) is 20.0. The molecule has 1 aliphatic heterocycles. The molecular formula is C40H45ClN8O4. The van der Waals surface area contributed by atoms with Crippen LogP contribution in [0.4, 0.5) is 0 Å². The van der Waals surface area contributed by atoms with Crippen LogP contribution < -0.4 is 19.5 Å². The molecular weight excluding hydrogens is 692 g/mol. The van der Waals surface area contributed by atoms with Gasteiger partial charge in [0.05, 0.1) is 23.3 Å². The second kappa shape index (κ2) is 18.1. The Balaban J connectivity index is 1.15. The van der Waals surface area contributed by atoms with Crippen LogP contribution in [0.1, 0.15) is 64.9 Å². The van der Waals surface area contributed by atoms with Crippen LogP contribution in [0.15, 0.2) is 67.0 Å². The van der Waals surface area contributed by atoms with Crippen molar-refractivity contribution < 1.29 is 19.3 Å². The number of likely N-dealkylation sites (tertiary alicyclic amines) is 1. The maximum absolute atomic E-state index is 9.80. The minimum Gasteiger partial charge on any atom is -0.493 e. The molecule has 13 heteroatoms. The molecule has 1 saturated heterocycles. The van der Waals surface area contributed by atoms with Crippen LogP contribution in [-0.4, -0.2) is 74.5 Å².